The number of hydrogen-bond acceptors (Lipinski definition) is 6. The summed E-state index contributed by atoms with van der Waals surface area (Å²) in [5.74, 6) is -2.63. The Labute approximate surface area is 180 Å². The van der Waals surface area contributed by atoms with Crippen molar-refractivity contribution in [3.63, 3.8) is 0 Å². The average Bonchev–Trinajstić information content (AvgIpc) is 2.76. The molecule has 164 valence electrons. The molecule has 2 rings (SSSR count). The number of guanidine groups is 1. The lowest BCUT2D eigenvalue weighted by Gasteiger charge is -2.31. The number of rotatable bonds is 7. The monoisotopic (exact) mass is 427 g/mol. The highest BCUT2D eigenvalue weighted by molar-refractivity contribution is 5.94. The second-order valence-electron chi connectivity index (χ2n) is 6.60. The number of benzene rings is 2. The summed E-state index contributed by atoms with van der Waals surface area (Å²) < 4.78 is 4.88. The van der Waals surface area contributed by atoms with Crippen LogP contribution in [0.5, 0.6) is 0 Å². The van der Waals surface area contributed by atoms with Gasteiger partial charge in [-0.25, -0.2) is 14.4 Å². The van der Waals surface area contributed by atoms with Crippen molar-refractivity contribution in [2.45, 2.75) is 25.8 Å². The highest BCUT2D eigenvalue weighted by atomic mass is 16.8. The van der Waals surface area contributed by atoms with E-state index in [-0.39, 0.29) is 19.4 Å². The molecule has 0 heterocycles. The SMILES string of the molecule is CCOC(=O)N(OC(=O)Cc1ccccc1)C(=N)N(C)C(Cc1ccccc1)C(=O)O. The molecule has 31 heavy (non-hydrogen) atoms. The summed E-state index contributed by atoms with van der Waals surface area (Å²) >= 11 is 0. The lowest BCUT2D eigenvalue weighted by atomic mass is 10.1. The zero-order valence-corrected chi connectivity index (χ0v) is 17.4. The third-order valence-corrected chi connectivity index (χ3v) is 4.37. The Kier molecular flexibility index (Phi) is 8.56. The Morgan fingerprint density at radius 1 is 1.00 bits per heavy atom. The van der Waals surface area contributed by atoms with Gasteiger partial charge in [-0.2, -0.15) is 0 Å². The molecule has 2 aromatic rings. The van der Waals surface area contributed by atoms with Gasteiger partial charge in [-0.15, -0.1) is 0 Å². The van der Waals surface area contributed by atoms with Gasteiger partial charge in [-0.3, -0.25) is 5.41 Å². The summed E-state index contributed by atoms with van der Waals surface area (Å²) in [6, 6.07) is 16.4. The van der Waals surface area contributed by atoms with Crippen LogP contribution in [0.4, 0.5) is 4.79 Å². The number of aliphatic carboxylic acids is 1. The average molecular weight is 427 g/mol. The predicted octanol–water partition coefficient (Wildman–Crippen LogP) is 2.71. The van der Waals surface area contributed by atoms with Gasteiger partial charge in [0.1, 0.15) is 6.04 Å². The summed E-state index contributed by atoms with van der Waals surface area (Å²) in [7, 11) is 1.33. The molecule has 2 N–H and O–H groups in total. The van der Waals surface area contributed by atoms with Crippen LogP contribution in [0.15, 0.2) is 60.7 Å². The molecular weight excluding hydrogens is 402 g/mol. The third kappa shape index (κ3) is 6.84. The van der Waals surface area contributed by atoms with E-state index in [1.807, 2.05) is 0 Å². The van der Waals surface area contributed by atoms with Gasteiger partial charge >= 0.3 is 18.0 Å². The summed E-state index contributed by atoms with van der Waals surface area (Å²) in [5, 5.41) is 18.4. The van der Waals surface area contributed by atoms with Crippen LogP contribution in [0.2, 0.25) is 0 Å². The summed E-state index contributed by atoms with van der Waals surface area (Å²) in [6.45, 7) is 1.54. The molecular formula is C22H25N3O6. The van der Waals surface area contributed by atoms with Crippen LogP contribution in [0.1, 0.15) is 18.1 Å². The molecule has 0 saturated carbocycles. The highest BCUT2D eigenvalue weighted by Gasteiger charge is 2.33. The zero-order valence-electron chi connectivity index (χ0n) is 17.4. The Bertz CT molecular complexity index is 904. The Balaban J connectivity index is 2.18. The second kappa shape index (κ2) is 11.3. The summed E-state index contributed by atoms with van der Waals surface area (Å²) in [6.07, 6.45) is -1.16. The number of carboxylic acid groups (broad SMARTS) is 1. The molecule has 1 amide bonds. The van der Waals surface area contributed by atoms with Gasteiger partial charge in [0.25, 0.3) is 0 Å². The fourth-order valence-electron chi connectivity index (χ4n) is 2.76. The van der Waals surface area contributed by atoms with Crippen LogP contribution in [-0.4, -0.2) is 58.8 Å². The predicted molar refractivity (Wildman–Crippen MR) is 112 cm³/mol. The first-order valence-electron chi connectivity index (χ1n) is 9.63. The molecule has 9 heteroatoms. The maximum atomic E-state index is 12.4. The molecule has 2 aromatic carbocycles. The van der Waals surface area contributed by atoms with Crippen LogP contribution < -0.4 is 0 Å². The maximum Gasteiger partial charge on any atom is 0.451 e. The lowest BCUT2D eigenvalue weighted by molar-refractivity contribution is -0.168. The molecule has 1 atom stereocenters. The normalized spacial score (nSPS) is 11.2. The molecule has 0 aliphatic carbocycles. The van der Waals surface area contributed by atoms with Crippen LogP contribution in [0.3, 0.4) is 0 Å². The second-order valence-corrected chi connectivity index (χ2v) is 6.60. The number of carbonyl (C=O) groups excluding carboxylic acids is 2. The van der Waals surface area contributed by atoms with E-state index in [9.17, 15) is 19.5 Å². The van der Waals surface area contributed by atoms with Crippen molar-refractivity contribution in [3.8, 4) is 0 Å². The minimum absolute atomic E-state index is 0.0189. The van der Waals surface area contributed by atoms with Gasteiger partial charge in [-0.1, -0.05) is 65.7 Å². The van der Waals surface area contributed by atoms with Gasteiger partial charge in [0, 0.05) is 13.5 Å². The van der Waals surface area contributed by atoms with Crippen LogP contribution in [0.25, 0.3) is 0 Å². The lowest BCUT2D eigenvalue weighted by Crippen LogP contribution is -2.52. The first kappa shape index (κ1) is 23.4. The van der Waals surface area contributed by atoms with Crippen LogP contribution >= 0.6 is 0 Å². The number of hydrogen-bond donors (Lipinski definition) is 2. The van der Waals surface area contributed by atoms with E-state index in [1.165, 1.54) is 7.05 Å². The van der Waals surface area contributed by atoms with Gasteiger partial charge < -0.3 is 19.6 Å². The first-order chi connectivity index (χ1) is 14.8. The smallest absolute Gasteiger partial charge is 0.451 e. The number of likely N-dealkylation sites (N-methyl/N-ethyl adjacent to an activating group) is 1. The Morgan fingerprint density at radius 3 is 2.06 bits per heavy atom. The fraction of sp³-hybridized carbons (Fsp3) is 0.273. The number of nitrogens with zero attached hydrogens (tertiary/aromatic N) is 2. The van der Waals surface area contributed by atoms with Crippen molar-refractivity contribution < 1.29 is 29.1 Å². The number of hydroxylamine groups is 2. The number of amides is 1. The molecule has 1 unspecified atom stereocenters. The standard InChI is InChI=1S/C22H25N3O6/c1-3-30-22(29)25(31-19(26)15-17-12-8-5-9-13-17)21(23)24(2)18(20(27)28)14-16-10-6-4-7-11-16/h4-13,18,23H,3,14-15H2,1-2H3,(H,27,28). The van der Waals surface area contributed by atoms with Gasteiger partial charge in [0.2, 0.25) is 5.96 Å². The quantitative estimate of drug-likeness (QED) is 0.396. The minimum atomic E-state index is -1.20. The van der Waals surface area contributed by atoms with Gasteiger partial charge in [-0.05, 0) is 18.1 Å². The van der Waals surface area contributed by atoms with Crippen molar-refractivity contribution in [2.24, 2.45) is 0 Å². The van der Waals surface area contributed by atoms with E-state index in [0.717, 1.165) is 10.5 Å². The largest absolute Gasteiger partial charge is 0.480 e. The third-order valence-electron chi connectivity index (χ3n) is 4.37. The zero-order chi connectivity index (χ0) is 22.8. The van der Waals surface area contributed by atoms with E-state index >= 15 is 0 Å². The molecule has 0 aliphatic heterocycles. The number of ether oxygens (including phenoxy) is 1. The van der Waals surface area contributed by atoms with Crippen molar-refractivity contribution >= 4 is 24.0 Å². The van der Waals surface area contributed by atoms with E-state index in [0.29, 0.717) is 10.6 Å². The number of carbonyl (C=O) groups is 3. The fourth-order valence-corrected chi connectivity index (χ4v) is 2.76. The van der Waals surface area contributed by atoms with E-state index in [1.54, 1.807) is 67.6 Å². The maximum absolute atomic E-state index is 12.4. The molecule has 0 spiro atoms. The van der Waals surface area contributed by atoms with Gasteiger partial charge in [0.05, 0.1) is 13.0 Å². The topological polar surface area (TPSA) is 120 Å². The summed E-state index contributed by atoms with van der Waals surface area (Å²) in [4.78, 5) is 42.7. The van der Waals surface area contributed by atoms with Crippen molar-refractivity contribution in [2.75, 3.05) is 13.7 Å². The van der Waals surface area contributed by atoms with Crippen LogP contribution in [0, 0.1) is 5.41 Å². The molecule has 0 radical (unpaired) electrons. The van der Waals surface area contributed by atoms with Crippen molar-refractivity contribution in [1.29, 1.82) is 5.41 Å². The first-order valence-corrected chi connectivity index (χ1v) is 9.63. The highest BCUT2D eigenvalue weighted by Crippen LogP contribution is 2.12. The van der Waals surface area contributed by atoms with Crippen molar-refractivity contribution in [3.05, 3.63) is 71.8 Å². The molecule has 0 saturated heterocycles. The van der Waals surface area contributed by atoms with Gasteiger partial charge in [0.15, 0.2) is 0 Å². The van der Waals surface area contributed by atoms with E-state index < -0.39 is 30.0 Å². The Hall–Kier alpha value is -3.88. The van der Waals surface area contributed by atoms with Crippen LogP contribution in [-0.2, 0) is 32.0 Å². The molecule has 0 fully saturated rings. The molecule has 0 aromatic heterocycles. The number of carboxylic acids is 1. The molecule has 0 aliphatic rings. The van der Waals surface area contributed by atoms with Crippen molar-refractivity contribution in [1.82, 2.24) is 9.96 Å². The van der Waals surface area contributed by atoms with E-state index in [4.69, 9.17) is 15.0 Å². The number of nitrogens with one attached hydrogen (secondary N) is 1. The van der Waals surface area contributed by atoms with E-state index in [2.05, 4.69) is 0 Å². The molecule has 9 nitrogen and oxygen atoms in total. The Morgan fingerprint density at radius 2 is 1.55 bits per heavy atom. The molecule has 0 bridgehead atoms. The minimum Gasteiger partial charge on any atom is -0.480 e. The summed E-state index contributed by atoms with van der Waals surface area (Å²) in [5.41, 5.74) is 1.39.